The molecule has 6 atom stereocenters. The molecule has 5 unspecified atom stereocenters. The molecule has 2 fully saturated rings. The number of aliphatic hydroxyl groups is 1. The van der Waals surface area contributed by atoms with Crippen molar-refractivity contribution in [2.45, 2.75) is 113 Å². The van der Waals surface area contributed by atoms with Gasteiger partial charge in [-0.1, -0.05) is 61.8 Å². The average Bonchev–Trinajstić information content (AvgIpc) is 2.88. The lowest BCUT2D eigenvalue weighted by Gasteiger charge is -2.49. The van der Waals surface area contributed by atoms with Gasteiger partial charge in [-0.3, -0.25) is 0 Å². The van der Waals surface area contributed by atoms with Gasteiger partial charge in [0.25, 0.3) is 0 Å². The van der Waals surface area contributed by atoms with Gasteiger partial charge in [-0.25, -0.2) is 0 Å². The van der Waals surface area contributed by atoms with Crippen LogP contribution >= 0.6 is 0 Å². The molecule has 0 amide bonds. The zero-order chi connectivity index (χ0) is 19.1. The van der Waals surface area contributed by atoms with Crippen molar-refractivity contribution in [3.63, 3.8) is 0 Å². The molecule has 1 nitrogen and oxygen atoms in total. The molecule has 2 aliphatic carbocycles. The van der Waals surface area contributed by atoms with Crippen LogP contribution in [-0.4, -0.2) is 10.7 Å². The zero-order valence-corrected chi connectivity index (χ0v) is 18.6. The Balaban J connectivity index is 0.00000123. The van der Waals surface area contributed by atoms with Crippen LogP contribution < -0.4 is 0 Å². The van der Waals surface area contributed by atoms with E-state index in [1.807, 2.05) is 41.5 Å². The molecule has 2 saturated carbocycles. The summed E-state index contributed by atoms with van der Waals surface area (Å²) in [7, 11) is 0. The standard InChI is InChI=1S/C19H36O.2C2H6/c1-7-15-10-11-19(6)16(8-9-17(19)14(15)3)13(2)12-18(4,5)20;2*1-2/h13-17,20H,7-12H2,1-6H3;2*1-2H3/t13?,14?,15?,16?,17?,19-;;/m1../s1. The highest BCUT2D eigenvalue weighted by molar-refractivity contribution is 5.02. The first-order valence-electron chi connectivity index (χ1n) is 10.9. The van der Waals surface area contributed by atoms with E-state index in [0.29, 0.717) is 11.3 Å². The molecule has 146 valence electrons. The molecule has 0 aliphatic heterocycles. The fraction of sp³-hybridized carbons (Fsp3) is 1.00. The van der Waals surface area contributed by atoms with Gasteiger partial charge in [-0.15, -0.1) is 0 Å². The predicted octanol–water partition coefficient (Wildman–Crippen LogP) is 7.32. The maximum atomic E-state index is 10.2. The summed E-state index contributed by atoms with van der Waals surface area (Å²) in [6.07, 6.45) is 7.97. The first kappa shape index (κ1) is 24.0. The minimum absolute atomic E-state index is 0.514. The lowest BCUT2D eigenvalue weighted by molar-refractivity contribution is -0.0175. The van der Waals surface area contributed by atoms with Crippen molar-refractivity contribution in [3.05, 3.63) is 0 Å². The fourth-order valence-corrected chi connectivity index (χ4v) is 6.06. The first-order valence-corrected chi connectivity index (χ1v) is 10.9. The van der Waals surface area contributed by atoms with Gasteiger partial charge in [-0.2, -0.15) is 0 Å². The van der Waals surface area contributed by atoms with Crippen LogP contribution in [0, 0.1) is 35.0 Å². The quantitative estimate of drug-likeness (QED) is 0.568. The van der Waals surface area contributed by atoms with Crippen LogP contribution in [0.25, 0.3) is 0 Å². The van der Waals surface area contributed by atoms with Crippen molar-refractivity contribution >= 4 is 0 Å². The Labute approximate surface area is 154 Å². The molecule has 0 aromatic rings. The maximum Gasteiger partial charge on any atom is 0.0594 e. The molecular weight excluding hydrogens is 292 g/mol. The van der Waals surface area contributed by atoms with Crippen molar-refractivity contribution in [2.24, 2.45) is 35.0 Å². The molecule has 0 bridgehead atoms. The monoisotopic (exact) mass is 340 g/mol. The highest BCUT2D eigenvalue weighted by atomic mass is 16.3. The third-order valence-corrected chi connectivity index (χ3v) is 6.95. The summed E-state index contributed by atoms with van der Waals surface area (Å²) in [6.45, 7) is 21.8. The third-order valence-electron chi connectivity index (χ3n) is 6.95. The van der Waals surface area contributed by atoms with Gasteiger partial charge in [0, 0.05) is 0 Å². The highest BCUT2D eigenvalue weighted by Gasteiger charge is 2.53. The largest absolute Gasteiger partial charge is 0.390 e. The van der Waals surface area contributed by atoms with E-state index in [-0.39, 0.29) is 0 Å². The van der Waals surface area contributed by atoms with E-state index >= 15 is 0 Å². The SMILES string of the molecule is CC.CC.CCC1CC[C@]2(C)C(C(C)CC(C)(C)O)CCC2C1C. The second kappa shape index (κ2) is 10.2. The molecule has 0 heterocycles. The summed E-state index contributed by atoms with van der Waals surface area (Å²) < 4.78 is 0. The van der Waals surface area contributed by atoms with E-state index in [1.165, 1.54) is 32.1 Å². The third kappa shape index (κ3) is 5.48. The maximum absolute atomic E-state index is 10.2. The van der Waals surface area contributed by atoms with Crippen LogP contribution in [0.1, 0.15) is 108 Å². The number of fused-ring (bicyclic) bond motifs is 1. The Bertz CT molecular complexity index is 329. The molecule has 0 aromatic heterocycles. The van der Waals surface area contributed by atoms with Crippen LogP contribution in [0.15, 0.2) is 0 Å². The molecule has 0 radical (unpaired) electrons. The van der Waals surface area contributed by atoms with Gasteiger partial charge in [0.1, 0.15) is 0 Å². The zero-order valence-electron chi connectivity index (χ0n) is 18.6. The molecular formula is C23H48O. The van der Waals surface area contributed by atoms with E-state index < -0.39 is 5.60 Å². The van der Waals surface area contributed by atoms with Crippen LogP contribution in [0.3, 0.4) is 0 Å². The minimum atomic E-state index is -0.514. The molecule has 1 N–H and O–H groups in total. The predicted molar refractivity (Wildman–Crippen MR) is 109 cm³/mol. The number of hydrogen-bond donors (Lipinski definition) is 1. The van der Waals surface area contributed by atoms with Crippen LogP contribution in [0.4, 0.5) is 0 Å². The summed E-state index contributed by atoms with van der Waals surface area (Å²) in [4.78, 5) is 0. The molecule has 0 spiro atoms. The van der Waals surface area contributed by atoms with Gasteiger partial charge < -0.3 is 5.11 Å². The van der Waals surface area contributed by atoms with Crippen LogP contribution in [0.5, 0.6) is 0 Å². The van der Waals surface area contributed by atoms with E-state index in [0.717, 1.165) is 30.1 Å². The normalized spacial score (nSPS) is 36.6. The van der Waals surface area contributed by atoms with E-state index in [2.05, 4.69) is 27.7 Å². The fourth-order valence-electron chi connectivity index (χ4n) is 6.06. The van der Waals surface area contributed by atoms with Crippen molar-refractivity contribution in [3.8, 4) is 0 Å². The number of rotatable bonds is 4. The minimum Gasteiger partial charge on any atom is -0.390 e. The van der Waals surface area contributed by atoms with Gasteiger partial charge in [0.05, 0.1) is 5.60 Å². The summed E-state index contributed by atoms with van der Waals surface area (Å²) in [5, 5.41) is 10.2. The Kier molecular flexibility index (Phi) is 10.2. The highest BCUT2D eigenvalue weighted by Crippen LogP contribution is 2.61. The van der Waals surface area contributed by atoms with Crippen molar-refractivity contribution < 1.29 is 5.11 Å². The Hall–Kier alpha value is -0.0400. The van der Waals surface area contributed by atoms with Gasteiger partial charge in [-0.05, 0) is 81.0 Å². The van der Waals surface area contributed by atoms with Gasteiger partial charge in [0.2, 0.25) is 0 Å². The topological polar surface area (TPSA) is 20.2 Å². The summed E-state index contributed by atoms with van der Waals surface area (Å²) in [5.74, 6) is 4.25. The van der Waals surface area contributed by atoms with E-state index in [9.17, 15) is 5.11 Å². The molecule has 0 saturated heterocycles. The van der Waals surface area contributed by atoms with Crippen molar-refractivity contribution in [1.82, 2.24) is 0 Å². The molecule has 24 heavy (non-hydrogen) atoms. The van der Waals surface area contributed by atoms with Gasteiger partial charge in [0.15, 0.2) is 0 Å². The molecule has 0 aromatic carbocycles. The molecule has 2 rings (SSSR count). The molecule has 2 aliphatic rings. The van der Waals surface area contributed by atoms with Crippen molar-refractivity contribution in [2.75, 3.05) is 0 Å². The second-order valence-electron chi connectivity index (χ2n) is 8.86. The summed E-state index contributed by atoms with van der Waals surface area (Å²) in [6, 6.07) is 0. The lowest BCUT2D eigenvalue weighted by atomic mass is 9.56. The van der Waals surface area contributed by atoms with Crippen LogP contribution in [-0.2, 0) is 0 Å². The van der Waals surface area contributed by atoms with Crippen molar-refractivity contribution in [1.29, 1.82) is 0 Å². The van der Waals surface area contributed by atoms with Crippen LogP contribution in [0.2, 0.25) is 0 Å². The summed E-state index contributed by atoms with van der Waals surface area (Å²) >= 11 is 0. The van der Waals surface area contributed by atoms with E-state index in [4.69, 9.17) is 0 Å². The van der Waals surface area contributed by atoms with Gasteiger partial charge >= 0.3 is 0 Å². The average molecular weight is 341 g/mol. The summed E-state index contributed by atoms with van der Waals surface area (Å²) in [5.41, 5.74) is 0.0237. The lowest BCUT2D eigenvalue weighted by Crippen LogP contribution is -2.42. The Morgan fingerprint density at radius 2 is 1.62 bits per heavy atom. The smallest absolute Gasteiger partial charge is 0.0594 e. The molecule has 1 heteroatoms. The first-order chi connectivity index (χ1) is 11.2. The second-order valence-corrected chi connectivity index (χ2v) is 8.86. The Morgan fingerprint density at radius 1 is 1.08 bits per heavy atom. The number of hydrogen-bond acceptors (Lipinski definition) is 1. The van der Waals surface area contributed by atoms with E-state index in [1.54, 1.807) is 0 Å². The Morgan fingerprint density at radius 3 is 2.08 bits per heavy atom.